The fraction of sp³-hybridized carbons (Fsp3) is 0.571. The third-order valence-corrected chi connectivity index (χ3v) is 5.04. The van der Waals surface area contributed by atoms with Crippen molar-refractivity contribution in [2.24, 2.45) is 17.0 Å². The standard InChI is InChI=1S/C14H23N3O2S/c1-9-3-5-12(10(2)7-9)17-13-6-4-11(15)8-14(13)20(16,18)19/h4,6,8-10,12,17H,3,5,7,15H2,1-2H3,(H2,16,18,19). The number of nitrogens with one attached hydrogen (secondary N) is 1. The maximum absolute atomic E-state index is 11.7. The minimum absolute atomic E-state index is 0.0725. The number of nitrogen functional groups attached to an aromatic ring is 1. The second kappa shape index (κ2) is 5.61. The largest absolute Gasteiger partial charge is 0.399 e. The number of anilines is 2. The smallest absolute Gasteiger partial charge is 0.240 e. The van der Waals surface area contributed by atoms with Gasteiger partial charge in [-0.3, -0.25) is 0 Å². The van der Waals surface area contributed by atoms with E-state index in [0.717, 1.165) is 25.2 Å². The number of rotatable bonds is 3. The van der Waals surface area contributed by atoms with Gasteiger partial charge in [-0.1, -0.05) is 13.8 Å². The minimum Gasteiger partial charge on any atom is -0.399 e. The first kappa shape index (κ1) is 15.1. The fourth-order valence-electron chi connectivity index (χ4n) is 2.97. The zero-order valence-electron chi connectivity index (χ0n) is 12.0. The van der Waals surface area contributed by atoms with Gasteiger partial charge in [0.05, 0.1) is 5.69 Å². The first-order chi connectivity index (χ1) is 9.27. The molecule has 1 aromatic carbocycles. The van der Waals surface area contributed by atoms with Crippen LogP contribution < -0.4 is 16.2 Å². The average Bonchev–Trinajstić information content (AvgIpc) is 2.33. The van der Waals surface area contributed by atoms with Gasteiger partial charge in [-0.25, -0.2) is 13.6 Å². The van der Waals surface area contributed by atoms with Gasteiger partial charge in [0.1, 0.15) is 4.90 Å². The summed E-state index contributed by atoms with van der Waals surface area (Å²) in [6.45, 7) is 4.45. The van der Waals surface area contributed by atoms with Gasteiger partial charge in [-0.05, 0) is 49.3 Å². The van der Waals surface area contributed by atoms with Crippen LogP contribution in [0.3, 0.4) is 0 Å². The molecular formula is C14H23N3O2S. The van der Waals surface area contributed by atoms with Gasteiger partial charge >= 0.3 is 0 Å². The number of primary sulfonamides is 1. The van der Waals surface area contributed by atoms with Crippen molar-refractivity contribution in [3.63, 3.8) is 0 Å². The number of benzene rings is 1. The Morgan fingerprint density at radius 1 is 1.25 bits per heavy atom. The predicted molar refractivity (Wildman–Crippen MR) is 81.8 cm³/mol. The molecule has 0 bridgehead atoms. The zero-order chi connectivity index (χ0) is 14.9. The molecule has 6 heteroatoms. The van der Waals surface area contributed by atoms with Crippen LogP contribution in [0.5, 0.6) is 0 Å². The van der Waals surface area contributed by atoms with Crippen LogP contribution in [0.4, 0.5) is 11.4 Å². The molecule has 0 heterocycles. The summed E-state index contributed by atoms with van der Waals surface area (Å²) in [5, 5.41) is 8.60. The van der Waals surface area contributed by atoms with Crippen molar-refractivity contribution in [3.8, 4) is 0 Å². The SMILES string of the molecule is CC1CCC(Nc2ccc(N)cc2S(N)(=O)=O)C(C)C1. The third kappa shape index (κ3) is 3.43. The first-order valence-corrected chi connectivity index (χ1v) is 8.51. The Balaban J connectivity index is 2.26. The summed E-state index contributed by atoms with van der Waals surface area (Å²) < 4.78 is 23.3. The predicted octanol–water partition coefficient (Wildman–Crippen LogP) is 2.15. The minimum atomic E-state index is -3.78. The second-order valence-electron chi connectivity index (χ2n) is 5.95. The zero-order valence-corrected chi connectivity index (χ0v) is 12.8. The molecule has 1 fully saturated rings. The molecule has 5 nitrogen and oxygen atoms in total. The van der Waals surface area contributed by atoms with Gasteiger partial charge in [0, 0.05) is 11.7 Å². The number of hydrogen-bond acceptors (Lipinski definition) is 4. The molecule has 3 atom stereocenters. The lowest BCUT2D eigenvalue weighted by Crippen LogP contribution is -2.33. The van der Waals surface area contributed by atoms with E-state index in [2.05, 4.69) is 19.2 Å². The average molecular weight is 297 g/mol. The van der Waals surface area contributed by atoms with E-state index in [1.807, 2.05) is 0 Å². The highest BCUT2D eigenvalue weighted by atomic mass is 32.2. The van der Waals surface area contributed by atoms with Crippen LogP contribution in [-0.2, 0) is 10.0 Å². The number of hydrogen-bond donors (Lipinski definition) is 3. The molecule has 20 heavy (non-hydrogen) atoms. The quantitative estimate of drug-likeness (QED) is 0.744. The van der Waals surface area contributed by atoms with Gasteiger partial charge in [0.2, 0.25) is 10.0 Å². The van der Waals surface area contributed by atoms with Crippen molar-refractivity contribution in [1.82, 2.24) is 0 Å². The summed E-state index contributed by atoms with van der Waals surface area (Å²) in [7, 11) is -3.78. The highest BCUT2D eigenvalue weighted by molar-refractivity contribution is 7.89. The van der Waals surface area contributed by atoms with Crippen LogP contribution in [0.1, 0.15) is 33.1 Å². The highest BCUT2D eigenvalue weighted by Crippen LogP contribution is 2.32. The molecule has 0 amide bonds. The molecule has 0 aliphatic heterocycles. The van der Waals surface area contributed by atoms with Crippen LogP contribution in [0.15, 0.2) is 23.1 Å². The molecule has 3 unspecified atom stereocenters. The van der Waals surface area contributed by atoms with E-state index in [4.69, 9.17) is 10.9 Å². The molecule has 2 rings (SSSR count). The summed E-state index contributed by atoms with van der Waals surface area (Å²) in [5.41, 5.74) is 6.60. The molecule has 0 saturated heterocycles. The van der Waals surface area contributed by atoms with Crippen molar-refractivity contribution in [1.29, 1.82) is 0 Å². The van der Waals surface area contributed by atoms with Crippen molar-refractivity contribution >= 4 is 21.4 Å². The Hall–Kier alpha value is -1.27. The van der Waals surface area contributed by atoms with E-state index >= 15 is 0 Å². The Kier molecular flexibility index (Phi) is 4.25. The van der Waals surface area contributed by atoms with Gasteiger partial charge < -0.3 is 11.1 Å². The molecule has 5 N–H and O–H groups in total. The Bertz CT molecular complexity index is 586. The van der Waals surface area contributed by atoms with Gasteiger partial charge in [-0.2, -0.15) is 0 Å². The van der Waals surface area contributed by atoms with Gasteiger partial charge in [-0.15, -0.1) is 0 Å². The maximum Gasteiger partial charge on any atom is 0.240 e. The summed E-state index contributed by atoms with van der Waals surface area (Å²) in [6.07, 6.45) is 3.34. The van der Waals surface area contributed by atoms with Crippen molar-refractivity contribution < 1.29 is 8.42 Å². The van der Waals surface area contributed by atoms with E-state index < -0.39 is 10.0 Å². The molecule has 1 aliphatic rings. The second-order valence-corrected chi connectivity index (χ2v) is 7.48. The summed E-state index contributed by atoms with van der Waals surface area (Å²) >= 11 is 0. The normalized spacial score (nSPS) is 27.2. The fourth-order valence-corrected chi connectivity index (χ4v) is 3.71. The molecule has 1 aromatic rings. The Morgan fingerprint density at radius 2 is 1.95 bits per heavy atom. The summed E-state index contributed by atoms with van der Waals surface area (Å²) in [4.78, 5) is 0.0725. The van der Waals surface area contributed by atoms with Crippen LogP contribution in [0.2, 0.25) is 0 Å². The first-order valence-electron chi connectivity index (χ1n) is 6.96. The molecule has 0 aromatic heterocycles. The van der Waals surface area contributed by atoms with E-state index in [1.54, 1.807) is 12.1 Å². The van der Waals surface area contributed by atoms with Crippen molar-refractivity contribution in [2.45, 2.75) is 44.0 Å². The molecule has 1 saturated carbocycles. The maximum atomic E-state index is 11.7. The highest BCUT2D eigenvalue weighted by Gasteiger charge is 2.26. The lowest BCUT2D eigenvalue weighted by molar-refractivity contribution is 0.276. The molecule has 112 valence electrons. The number of sulfonamides is 1. The van der Waals surface area contributed by atoms with Crippen molar-refractivity contribution in [3.05, 3.63) is 18.2 Å². The van der Waals surface area contributed by atoms with Gasteiger partial charge in [0.25, 0.3) is 0 Å². The van der Waals surface area contributed by atoms with Crippen LogP contribution >= 0.6 is 0 Å². The number of nitrogens with two attached hydrogens (primary N) is 2. The molecule has 1 aliphatic carbocycles. The molecule has 0 radical (unpaired) electrons. The molecular weight excluding hydrogens is 274 g/mol. The van der Waals surface area contributed by atoms with Crippen LogP contribution in [0, 0.1) is 11.8 Å². The van der Waals surface area contributed by atoms with Gasteiger partial charge in [0.15, 0.2) is 0 Å². The lowest BCUT2D eigenvalue weighted by Gasteiger charge is -2.34. The van der Waals surface area contributed by atoms with E-state index in [0.29, 0.717) is 17.3 Å². The van der Waals surface area contributed by atoms with E-state index in [9.17, 15) is 8.42 Å². The lowest BCUT2D eigenvalue weighted by atomic mass is 9.80. The Morgan fingerprint density at radius 3 is 2.55 bits per heavy atom. The van der Waals surface area contributed by atoms with Crippen molar-refractivity contribution in [2.75, 3.05) is 11.1 Å². The third-order valence-electron chi connectivity index (χ3n) is 4.08. The molecule has 0 spiro atoms. The Labute approximate surface area is 120 Å². The summed E-state index contributed by atoms with van der Waals surface area (Å²) in [6, 6.07) is 5.07. The van der Waals surface area contributed by atoms with Crippen LogP contribution in [-0.4, -0.2) is 14.5 Å². The van der Waals surface area contributed by atoms with Crippen LogP contribution in [0.25, 0.3) is 0 Å². The monoisotopic (exact) mass is 297 g/mol. The topological polar surface area (TPSA) is 98.2 Å². The van der Waals surface area contributed by atoms with E-state index in [-0.39, 0.29) is 10.9 Å². The van der Waals surface area contributed by atoms with E-state index in [1.165, 1.54) is 6.07 Å². The summed E-state index contributed by atoms with van der Waals surface area (Å²) in [5.74, 6) is 1.23.